The SMILES string of the molecule is COc1ccc(C(=O)COC(=O)C(NC(=O)c2ccc([N+](=O)[O-])cc2Cl)C(C)C)c(OC)c1. The molecule has 0 aromatic heterocycles. The predicted octanol–water partition coefficient (Wildman–Crippen LogP) is 3.45. The Hall–Kier alpha value is -3.66. The molecule has 2 rings (SSSR count). The van der Waals surface area contributed by atoms with Crippen LogP contribution in [0.3, 0.4) is 0 Å². The number of halogens is 1. The summed E-state index contributed by atoms with van der Waals surface area (Å²) in [5.41, 5.74) is -0.113. The number of Topliss-reactive ketones (excluding diaryl/α,β-unsaturated/α-hetero) is 1. The van der Waals surface area contributed by atoms with E-state index in [0.29, 0.717) is 5.75 Å². The van der Waals surface area contributed by atoms with Crippen LogP contribution >= 0.6 is 11.6 Å². The number of rotatable bonds is 10. The first-order valence-electron chi connectivity index (χ1n) is 9.75. The molecule has 1 N–H and O–H groups in total. The van der Waals surface area contributed by atoms with Crippen molar-refractivity contribution in [2.45, 2.75) is 19.9 Å². The molecule has 0 fully saturated rings. The maximum atomic E-state index is 12.6. The molecule has 1 unspecified atom stereocenters. The first-order valence-corrected chi connectivity index (χ1v) is 10.1. The monoisotopic (exact) mass is 478 g/mol. The lowest BCUT2D eigenvalue weighted by Gasteiger charge is -2.21. The normalized spacial score (nSPS) is 11.5. The van der Waals surface area contributed by atoms with Gasteiger partial charge in [0.15, 0.2) is 6.61 Å². The molecule has 0 bridgehead atoms. The fraction of sp³-hybridized carbons (Fsp3) is 0.318. The second-order valence-corrected chi connectivity index (χ2v) is 7.62. The van der Waals surface area contributed by atoms with E-state index in [1.807, 2.05) is 0 Å². The number of benzene rings is 2. The molecular weight excluding hydrogens is 456 g/mol. The molecule has 1 atom stereocenters. The minimum atomic E-state index is -1.09. The summed E-state index contributed by atoms with van der Waals surface area (Å²) < 4.78 is 15.4. The maximum Gasteiger partial charge on any atom is 0.329 e. The van der Waals surface area contributed by atoms with Crippen LogP contribution in [0.15, 0.2) is 36.4 Å². The largest absolute Gasteiger partial charge is 0.497 e. The molecule has 0 spiro atoms. The smallest absolute Gasteiger partial charge is 0.329 e. The predicted molar refractivity (Wildman–Crippen MR) is 119 cm³/mol. The van der Waals surface area contributed by atoms with Gasteiger partial charge in [0.05, 0.1) is 35.3 Å². The second kappa shape index (κ2) is 11.3. The van der Waals surface area contributed by atoms with E-state index in [1.165, 1.54) is 32.4 Å². The minimum Gasteiger partial charge on any atom is -0.497 e. The summed E-state index contributed by atoms with van der Waals surface area (Å²) in [6.45, 7) is 2.79. The average Bonchev–Trinajstić information content (AvgIpc) is 2.79. The number of hydrogen-bond acceptors (Lipinski definition) is 8. The van der Waals surface area contributed by atoms with Crippen molar-refractivity contribution in [3.8, 4) is 11.5 Å². The summed E-state index contributed by atoms with van der Waals surface area (Å²) in [5, 5.41) is 13.2. The fourth-order valence-electron chi connectivity index (χ4n) is 2.85. The number of esters is 1. The molecule has 0 aliphatic rings. The summed E-state index contributed by atoms with van der Waals surface area (Å²) in [7, 11) is 2.87. The summed E-state index contributed by atoms with van der Waals surface area (Å²) in [5.74, 6) is -1.67. The van der Waals surface area contributed by atoms with Crippen LogP contribution in [0.5, 0.6) is 11.5 Å². The van der Waals surface area contributed by atoms with E-state index in [0.717, 1.165) is 12.1 Å². The molecule has 0 aliphatic carbocycles. The van der Waals surface area contributed by atoms with Gasteiger partial charge in [-0.2, -0.15) is 0 Å². The van der Waals surface area contributed by atoms with Gasteiger partial charge in [0.2, 0.25) is 5.78 Å². The van der Waals surface area contributed by atoms with Crippen molar-refractivity contribution in [3.05, 3.63) is 62.7 Å². The minimum absolute atomic E-state index is 0.0419. The quantitative estimate of drug-likeness (QED) is 0.237. The molecule has 0 saturated carbocycles. The van der Waals surface area contributed by atoms with Gasteiger partial charge < -0.3 is 19.5 Å². The molecule has 2 aromatic carbocycles. The molecule has 0 heterocycles. The van der Waals surface area contributed by atoms with Crippen LogP contribution in [0, 0.1) is 16.0 Å². The molecule has 0 aliphatic heterocycles. The number of methoxy groups -OCH3 is 2. The van der Waals surface area contributed by atoms with Crippen LogP contribution in [0.1, 0.15) is 34.6 Å². The van der Waals surface area contributed by atoms with E-state index < -0.39 is 35.2 Å². The van der Waals surface area contributed by atoms with E-state index in [4.69, 9.17) is 25.8 Å². The number of nitrogens with zero attached hydrogens (tertiary/aromatic N) is 1. The zero-order valence-corrected chi connectivity index (χ0v) is 19.2. The van der Waals surface area contributed by atoms with E-state index in [2.05, 4.69) is 5.32 Å². The van der Waals surface area contributed by atoms with Gasteiger partial charge in [-0.25, -0.2) is 4.79 Å². The Kier molecular flexibility index (Phi) is 8.75. The van der Waals surface area contributed by atoms with Crippen molar-refractivity contribution in [1.29, 1.82) is 0 Å². The van der Waals surface area contributed by atoms with Gasteiger partial charge in [-0.05, 0) is 24.1 Å². The number of hydrogen-bond donors (Lipinski definition) is 1. The summed E-state index contributed by atoms with van der Waals surface area (Å²) >= 11 is 5.98. The number of carbonyl (C=O) groups excluding carboxylic acids is 3. The summed E-state index contributed by atoms with van der Waals surface area (Å²) in [6, 6.07) is 6.87. The highest BCUT2D eigenvalue weighted by molar-refractivity contribution is 6.34. The topological polar surface area (TPSA) is 134 Å². The Bertz CT molecular complexity index is 1070. The Balaban J connectivity index is 2.09. The third-order valence-corrected chi connectivity index (χ3v) is 4.98. The number of ketones is 1. The Morgan fingerprint density at radius 1 is 1.06 bits per heavy atom. The molecule has 10 nitrogen and oxygen atoms in total. The van der Waals surface area contributed by atoms with Gasteiger partial charge in [-0.15, -0.1) is 0 Å². The van der Waals surface area contributed by atoms with Gasteiger partial charge in [0, 0.05) is 18.2 Å². The Morgan fingerprint density at radius 3 is 2.27 bits per heavy atom. The first-order chi connectivity index (χ1) is 15.6. The molecule has 0 radical (unpaired) electrons. The number of nitro groups is 1. The van der Waals surface area contributed by atoms with Gasteiger partial charge in [-0.3, -0.25) is 19.7 Å². The second-order valence-electron chi connectivity index (χ2n) is 7.21. The lowest BCUT2D eigenvalue weighted by Crippen LogP contribution is -2.45. The first kappa shape index (κ1) is 25.6. The standard InChI is InChI=1S/C22H23ClN2O8/c1-12(2)20(24-21(27)15-7-5-13(25(29)30)9-17(15)23)22(28)33-11-18(26)16-8-6-14(31-3)10-19(16)32-4/h5-10,12,20H,11H2,1-4H3,(H,24,27). The van der Waals surface area contributed by atoms with Crippen LogP contribution in [0.2, 0.25) is 5.02 Å². The molecule has 176 valence electrons. The van der Waals surface area contributed by atoms with Crippen molar-refractivity contribution in [2.75, 3.05) is 20.8 Å². The zero-order valence-electron chi connectivity index (χ0n) is 18.4. The molecule has 1 amide bonds. The van der Waals surface area contributed by atoms with E-state index in [-0.39, 0.29) is 33.5 Å². The van der Waals surface area contributed by atoms with Gasteiger partial charge in [0.25, 0.3) is 11.6 Å². The molecule has 0 saturated heterocycles. The highest BCUT2D eigenvalue weighted by Gasteiger charge is 2.28. The van der Waals surface area contributed by atoms with Gasteiger partial charge >= 0.3 is 5.97 Å². The van der Waals surface area contributed by atoms with E-state index in [1.54, 1.807) is 19.9 Å². The van der Waals surface area contributed by atoms with Crippen LogP contribution in [-0.4, -0.2) is 49.5 Å². The molecule has 33 heavy (non-hydrogen) atoms. The van der Waals surface area contributed by atoms with Crippen molar-refractivity contribution < 1.29 is 33.5 Å². The van der Waals surface area contributed by atoms with Gasteiger partial charge in [-0.1, -0.05) is 25.4 Å². The number of nitrogens with one attached hydrogen (secondary N) is 1. The Morgan fingerprint density at radius 2 is 1.73 bits per heavy atom. The highest BCUT2D eigenvalue weighted by Crippen LogP contribution is 2.25. The molecular formula is C22H23ClN2O8. The van der Waals surface area contributed by atoms with Crippen LogP contribution in [0.4, 0.5) is 5.69 Å². The van der Waals surface area contributed by atoms with Gasteiger partial charge in [0.1, 0.15) is 17.5 Å². The van der Waals surface area contributed by atoms with Crippen molar-refractivity contribution in [2.24, 2.45) is 5.92 Å². The molecule has 2 aromatic rings. The number of carbonyl (C=O) groups is 3. The van der Waals surface area contributed by atoms with Crippen molar-refractivity contribution in [3.63, 3.8) is 0 Å². The third-order valence-electron chi connectivity index (χ3n) is 4.67. The fourth-order valence-corrected chi connectivity index (χ4v) is 3.11. The number of ether oxygens (including phenoxy) is 3. The summed E-state index contributed by atoms with van der Waals surface area (Å²) in [4.78, 5) is 47.9. The Labute approximate surface area is 194 Å². The highest BCUT2D eigenvalue weighted by atomic mass is 35.5. The van der Waals surface area contributed by atoms with Crippen molar-refractivity contribution in [1.82, 2.24) is 5.32 Å². The number of non-ortho nitro benzene ring substituents is 1. The zero-order chi connectivity index (χ0) is 24.7. The lowest BCUT2D eigenvalue weighted by molar-refractivity contribution is -0.384. The average molecular weight is 479 g/mol. The van der Waals surface area contributed by atoms with Crippen LogP contribution in [-0.2, 0) is 9.53 Å². The third kappa shape index (κ3) is 6.42. The number of nitro benzene ring substituents is 1. The van der Waals surface area contributed by atoms with E-state index in [9.17, 15) is 24.5 Å². The maximum absolute atomic E-state index is 12.6. The van der Waals surface area contributed by atoms with Crippen LogP contribution in [0.25, 0.3) is 0 Å². The lowest BCUT2D eigenvalue weighted by atomic mass is 10.0. The number of amides is 1. The van der Waals surface area contributed by atoms with Crippen LogP contribution < -0.4 is 14.8 Å². The van der Waals surface area contributed by atoms with Crippen molar-refractivity contribution >= 4 is 34.9 Å². The van der Waals surface area contributed by atoms with E-state index >= 15 is 0 Å². The summed E-state index contributed by atoms with van der Waals surface area (Å²) in [6.07, 6.45) is 0. The molecule has 11 heteroatoms.